The van der Waals surface area contributed by atoms with Gasteiger partial charge < -0.3 is 10.1 Å². The Labute approximate surface area is 174 Å². The van der Waals surface area contributed by atoms with E-state index >= 15 is 0 Å². The minimum atomic E-state index is -0.805. The Kier molecular flexibility index (Phi) is 8.22. The molecule has 8 heteroatoms. The number of rotatable bonds is 10. The number of carbonyl (C=O) groups excluding carboxylic acids is 3. The van der Waals surface area contributed by atoms with Crippen LogP contribution >= 0.6 is 0 Å². The average molecular weight is 412 g/mol. The Morgan fingerprint density at radius 2 is 1.77 bits per heavy atom. The molecule has 0 fully saturated rings. The van der Waals surface area contributed by atoms with Crippen LogP contribution in [0.1, 0.15) is 58.9 Å². The third-order valence-corrected chi connectivity index (χ3v) is 4.55. The smallest absolute Gasteiger partial charge is 0.339 e. The fourth-order valence-corrected chi connectivity index (χ4v) is 2.83. The molecule has 0 unspecified atom stereocenters. The molecule has 0 saturated carbocycles. The molecule has 0 aliphatic carbocycles. The van der Waals surface area contributed by atoms with E-state index in [0.29, 0.717) is 17.7 Å². The first-order chi connectivity index (χ1) is 14.3. The quantitative estimate of drug-likeness (QED) is 0.202. The van der Waals surface area contributed by atoms with Crippen LogP contribution in [0, 0.1) is 17.0 Å². The molecule has 30 heavy (non-hydrogen) atoms. The number of hydrogen-bond donors (Lipinski definition) is 1. The summed E-state index contributed by atoms with van der Waals surface area (Å²) in [6.45, 7) is 3.02. The molecule has 0 heterocycles. The fraction of sp³-hybridized carbons (Fsp3) is 0.318. The highest BCUT2D eigenvalue weighted by Crippen LogP contribution is 2.21. The van der Waals surface area contributed by atoms with Gasteiger partial charge in [0.05, 0.1) is 10.5 Å². The Morgan fingerprint density at radius 1 is 1.07 bits per heavy atom. The second kappa shape index (κ2) is 10.8. The van der Waals surface area contributed by atoms with E-state index in [4.69, 9.17) is 4.74 Å². The molecule has 2 rings (SSSR count). The number of esters is 1. The Hall–Kier alpha value is -3.55. The first kappa shape index (κ1) is 22.7. The van der Waals surface area contributed by atoms with Gasteiger partial charge >= 0.3 is 5.97 Å². The van der Waals surface area contributed by atoms with Crippen molar-refractivity contribution in [1.29, 1.82) is 0 Å². The van der Waals surface area contributed by atoms with Gasteiger partial charge in [-0.15, -0.1) is 0 Å². The summed E-state index contributed by atoms with van der Waals surface area (Å²) in [7, 11) is 0. The van der Waals surface area contributed by atoms with E-state index in [1.807, 2.05) is 0 Å². The van der Waals surface area contributed by atoms with Gasteiger partial charge in [0.25, 0.3) is 5.69 Å². The van der Waals surface area contributed by atoms with E-state index in [-0.39, 0.29) is 22.7 Å². The van der Waals surface area contributed by atoms with Gasteiger partial charge in [-0.05, 0) is 43.7 Å². The second-order valence-electron chi connectivity index (χ2n) is 6.79. The summed E-state index contributed by atoms with van der Waals surface area (Å²) in [6, 6.07) is 10.4. The average Bonchev–Trinajstić information content (AvgIpc) is 2.72. The molecule has 0 aliphatic rings. The lowest BCUT2D eigenvalue weighted by molar-refractivity contribution is -0.385. The number of hydrogen-bond acceptors (Lipinski definition) is 6. The number of nitro groups is 1. The van der Waals surface area contributed by atoms with E-state index in [0.717, 1.165) is 19.3 Å². The number of carbonyl (C=O) groups is 3. The SMILES string of the molecule is CCCCCC(=O)Nc1ccc(C(=O)COC(=O)c2cccc([N+](=O)[O-])c2C)cc1. The maximum Gasteiger partial charge on any atom is 0.339 e. The van der Waals surface area contributed by atoms with Crippen molar-refractivity contribution in [1.82, 2.24) is 0 Å². The highest BCUT2D eigenvalue weighted by Gasteiger charge is 2.20. The molecule has 0 saturated heterocycles. The normalized spacial score (nSPS) is 10.3. The second-order valence-corrected chi connectivity index (χ2v) is 6.79. The summed E-state index contributed by atoms with van der Waals surface area (Å²) < 4.78 is 5.03. The predicted octanol–water partition coefficient (Wildman–Crippen LogP) is 4.46. The highest BCUT2D eigenvalue weighted by atomic mass is 16.6. The number of nitrogens with zero attached hydrogens (tertiary/aromatic N) is 1. The Balaban J connectivity index is 1.92. The summed E-state index contributed by atoms with van der Waals surface area (Å²) in [4.78, 5) is 46.7. The number of benzene rings is 2. The summed E-state index contributed by atoms with van der Waals surface area (Å²) in [5, 5.41) is 13.7. The Bertz CT molecular complexity index is 937. The first-order valence-corrected chi connectivity index (χ1v) is 9.67. The lowest BCUT2D eigenvalue weighted by atomic mass is 10.1. The predicted molar refractivity (Wildman–Crippen MR) is 112 cm³/mol. The van der Waals surface area contributed by atoms with Crippen molar-refractivity contribution < 1.29 is 24.0 Å². The van der Waals surface area contributed by atoms with E-state index in [9.17, 15) is 24.5 Å². The number of unbranched alkanes of at least 4 members (excludes halogenated alkanes) is 2. The zero-order chi connectivity index (χ0) is 22.1. The molecule has 0 bridgehead atoms. The molecule has 0 aliphatic heterocycles. The van der Waals surface area contributed by atoms with Crippen molar-refractivity contribution in [3.63, 3.8) is 0 Å². The molecule has 8 nitrogen and oxygen atoms in total. The van der Waals surface area contributed by atoms with Crippen LogP contribution in [-0.2, 0) is 9.53 Å². The molecule has 1 N–H and O–H groups in total. The van der Waals surface area contributed by atoms with Crippen LogP contribution in [0.15, 0.2) is 42.5 Å². The van der Waals surface area contributed by atoms with Gasteiger partial charge in [0.15, 0.2) is 12.4 Å². The van der Waals surface area contributed by atoms with Gasteiger partial charge in [0.2, 0.25) is 5.91 Å². The fourth-order valence-electron chi connectivity index (χ4n) is 2.83. The van der Waals surface area contributed by atoms with Crippen molar-refractivity contribution in [2.75, 3.05) is 11.9 Å². The van der Waals surface area contributed by atoms with Crippen molar-refractivity contribution in [3.05, 3.63) is 69.3 Å². The van der Waals surface area contributed by atoms with E-state index in [1.165, 1.54) is 37.3 Å². The third kappa shape index (κ3) is 6.23. The molecular weight excluding hydrogens is 388 g/mol. The largest absolute Gasteiger partial charge is 0.454 e. The first-order valence-electron chi connectivity index (χ1n) is 9.67. The lowest BCUT2D eigenvalue weighted by Gasteiger charge is -2.08. The molecule has 0 radical (unpaired) electrons. The number of ether oxygens (including phenoxy) is 1. The molecule has 2 aromatic rings. The van der Waals surface area contributed by atoms with E-state index < -0.39 is 23.3 Å². The summed E-state index contributed by atoms with van der Waals surface area (Å²) in [5.74, 6) is -1.31. The molecule has 0 spiro atoms. The van der Waals surface area contributed by atoms with Crippen LogP contribution in [0.3, 0.4) is 0 Å². The Morgan fingerprint density at radius 3 is 2.40 bits per heavy atom. The van der Waals surface area contributed by atoms with Gasteiger partial charge in [-0.2, -0.15) is 0 Å². The van der Waals surface area contributed by atoms with Crippen LogP contribution in [-0.4, -0.2) is 29.2 Å². The zero-order valence-electron chi connectivity index (χ0n) is 17.0. The molecule has 0 aromatic heterocycles. The molecule has 1 amide bonds. The highest BCUT2D eigenvalue weighted by molar-refractivity contribution is 6.00. The number of nitro benzene ring substituents is 1. The standard InChI is InChI=1S/C22H24N2O6/c1-3-4-5-9-21(26)23-17-12-10-16(11-13-17)20(25)14-30-22(27)18-7-6-8-19(15(18)2)24(28)29/h6-8,10-13H,3-5,9,14H2,1-2H3,(H,23,26). The molecule has 0 atom stereocenters. The van der Waals surface area contributed by atoms with Gasteiger partial charge in [-0.3, -0.25) is 19.7 Å². The van der Waals surface area contributed by atoms with Gasteiger partial charge in [-0.1, -0.05) is 25.8 Å². The van der Waals surface area contributed by atoms with Gasteiger partial charge in [-0.25, -0.2) is 4.79 Å². The number of ketones is 1. The number of nitrogens with one attached hydrogen (secondary N) is 1. The minimum absolute atomic E-state index is 0.0399. The third-order valence-electron chi connectivity index (χ3n) is 4.55. The number of amides is 1. The molecular formula is C22H24N2O6. The molecule has 2 aromatic carbocycles. The minimum Gasteiger partial charge on any atom is -0.454 e. The summed E-state index contributed by atoms with van der Waals surface area (Å²) in [6.07, 6.45) is 3.31. The van der Waals surface area contributed by atoms with Crippen molar-refractivity contribution in [2.45, 2.75) is 39.5 Å². The van der Waals surface area contributed by atoms with Gasteiger partial charge in [0, 0.05) is 29.3 Å². The van der Waals surface area contributed by atoms with Crippen molar-refractivity contribution in [3.8, 4) is 0 Å². The van der Waals surface area contributed by atoms with Crippen LogP contribution < -0.4 is 5.32 Å². The van der Waals surface area contributed by atoms with E-state index in [2.05, 4.69) is 12.2 Å². The van der Waals surface area contributed by atoms with Crippen molar-refractivity contribution in [2.24, 2.45) is 0 Å². The van der Waals surface area contributed by atoms with Crippen LogP contribution in [0.25, 0.3) is 0 Å². The zero-order valence-corrected chi connectivity index (χ0v) is 17.0. The van der Waals surface area contributed by atoms with Crippen LogP contribution in [0.4, 0.5) is 11.4 Å². The van der Waals surface area contributed by atoms with Crippen LogP contribution in [0.2, 0.25) is 0 Å². The maximum atomic E-state index is 12.3. The summed E-state index contributed by atoms with van der Waals surface area (Å²) in [5.41, 5.74) is 0.931. The van der Waals surface area contributed by atoms with E-state index in [1.54, 1.807) is 12.1 Å². The van der Waals surface area contributed by atoms with Crippen molar-refractivity contribution >= 4 is 29.0 Å². The number of anilines is 1. The van der Waals surface area contributed by atoms with Crippen LogP contribution in [0.5, 0.6) is 0 Å². The topological polar surface area (TPSA) is 116 Å². The lowest BCUT2D eigenvalue weighted by Crippen LogP contribution is -2.16. The molecule has 158 valence electrons. The van der Waals surface area contributed by atoms with Gasteiger partial charge in [0.1, 0.15) is 0 Å². The maximum absolute atomic E-state index is 12.3. The summed E-state index contributed by atoms with van der Waals surface area (Å²) >= 11 is 0. The monoisotopic (exact) mass is 412 g/mol. The number of Topliss-reactive ketones (excluding diaryl/α,β-unsaturated/α-hetero) is 1.